The summed E-state index contributed by atoms with van der Waals surface area (Å²) in [6.45, 7) is 3.85. The van der Waals surface area contributed by atoms with Gasteiger partial charge in [0.15, 0.2) is 0 Å². The molecule has 0 bridgehead atoms. The molecule has 0 heterocycles. The molecule has 2 aromatic rings. The monoisotopic (exact) mass is 327 g/mol. The highest BCUT2D eigenvalue weighted by atomic mass is 16.5. The van der Waals surface area contributed by atoms with Crippen LogP contribution in [0.25, 0.3) is 0 Å². The Kier molecular flexibility index (Phi) is 5.55. The molecule has 126 valence electrons. The van der Waals surface area contributed by atoms with Crippen LogP contribution in [0.4, 0.5) is 11.4 Å². The molecular weight excluding hydrogens is 306 g/mol. The fraction of sp³-hybridized carbons (Fsp3) is 0.222. The van der Waals surface area contributed by atoms with Gasteiger partial charge in [-0.2, -0.15) is 0 Å². The maximum atomic E-state index is 12.4. The molecule has 0 aromatic heterocycles. The average Bonchev–Trinajstić information content (AvgIpc) is 2.58. The highest BCUT2D eigenvalue weighted by Gasteiger charge is 2.12. The first-order valence-electron chi connectivity index (χ1n) is 7.51. The minimum Gasteiger partial charge on any atom is -0.494 e. The highest BCUT2D eigenvalue weighted by Crippen LogP contribution is 2.28. The van der Waals surface area contributed by atoms with Gasteiger partial charge in [0, 0.05) is 17.3 Å². The van der Waals surface area contributed by atoms with Crippen molar-refractivity contribution >= 4 is 23.2 Å². The lowest BCUT2D eigenvalue weighted by atomic mass is 10.1. The van der Waals surface area contributed by atoms with E-state index in [0.717, 1.165) is 11.1 Å². The predicted octanol–water partition coefficient (Wildman–Crippen LogP) is 2.46. The summed E-state index contributed by atoms with van der Waals surface area (Å²) in [7, 11) is 1.50. The van der Waals surface area contributed by atoms with Gasteiger partial charge in [-0.1, -0.05) is 6.07 Å². The molecule has 0 aliphatic rings. The van der Waals surface area contributed by atoms with E-state index in [2.05, 4.69) is 10.6 Å². The number of hydrogen-bond acceptors (Lipinski definition) is 4. The number of carbonyl (C=O) groups is 2. The topological polar surface area (TPSA) is 93.4 Å². The molecule has 6 heteroatoms. The van der Waals surface area contributed by atoms with E-state index in [1.165, 1.54) is 7.11 Å². The molecule has 0 saturated heterocycles. The number of amides is 2. The number of ether oxygens (including phenoxy) is 1. The van der Waals surface area contributed by atoms with Crippen LogP contribution >= 0.6 is 0 Å². The van der Waals surface area contributed by atoms with Crippen molar-refractivity contribution in [2.75, 3.05) is 24.3 Å². The van der Waals surface area contributed by atoms with Crippen molar-refractivity contribution in [3.63, 3.8) is 0 Å². The van der Waals surface area contributed by atoms with E-state index < -0.39 is 0 Å². The normalized spacial score (nSPS) is 10.2. The van der Waals surface area contributed by atoms with Gasteiger partial charge in [0.1, 0.15) is 5.75 Å². The van der Waals surface area contributed by atoms with E-state index in [1.807, 2.05) is 26.0 Å². The number of nitrogens with two attached hydrogens (primary N) is 1. The van der Waals surface area contributed by atoms with Gasteiger partial charge >= 0.3 is 0 Å². The molecule has 4 N–H and O–H groups in total. The molecule has 2 aromatic carbocycles. The number of anilines is 2. The number of hydrogen-bond donors (Lipinski definition) is 3. The molecular formula is C18H21N3O3. The quantitative estimate of drug-likeness (QED) is 0.786. The molecule has 2 amide bonds. The maximum Gasteiger partial charge on any atom is 0.255 e. The third-order valence-electron chi connectivity index (χ3n) is 3.69. The van der Waals surface area contributed by atoms with Crippen molar-refractivity contribution in [1.29, 1.82) is 0 Å². The minimum atomic E-state index is -0.302. The molecule has 6 nitrogen and oxygen atoms in total. The Labute approximate surface area is 141 Å². The number of rotatable bonds is 5. The van der Waals surface area contributed by atoms with Gasteiger partial charge in [-0.15, -0.1) is 0 Å². The van der Waals surface area contributed by atoms with Crippen molar-refractivity contribution in [3.05, 3.63) is 53.1 Å². The first-order chi connectivity index (χ1) is 11.4. The van der Waals surface area contributed by atoms with E-state index in [4.69, 9.17) is 10.5 Å². The Morgan fingerprint density at radius 3 is 2.42 bits per heavy atom. The maximum absolute atomic E-state index is 12.4. The minimum absolute atomic E-state index is 0.104. The van der Waals surface area contributed by atoms with Gasteiger partial charge in [-0.25, -0.2) is 0 Å². The van der Waals surface area contributed by atoms with E-state index in [1.54, 1.807) is 24.3 Å². The summed E-state index contributed by atoms with van der Waals surface area (Å²) in [6.07, 6.45) is 0. The van der Waals surface area contributed by atoms with Gasteiger partial charge in [-0.3, -0.25) is 9.59 Å². The summed E-state index contributed by atoms with van der Waals surface area (Å²) >= 11 is 0. The van der Waals surface area contributed by atoms with Crippen LogP contribution in [0, 0.1) is 13.8 Å². The molecule has 0 aliphatic carbocycles. The average molecular weight is 327 g/mol. The fourth-order valence-corrected chi connectivity index (χ4v) is 2.16. The lowest BCUT2D eigenvalue weighted by Crippen LogP contribution is -2.21. The van der Waals surface area contributed by atoms with Crippen LogP contribution in [-0.4, -0.2) is 25.5 Å². The van der Waals surface area contributed by atoms with Gasteiger partial charge in [0.05, 0.1) is 19.3 Å². The third-order valence-corrected chi connectivity index (χ3v) is 3.69. The number of methoxy groups -OCH3 is 1. The summed E-state index contributed by atoms with van der Waals surface area (Å²) in [5.41, 5.74) is 9.09. The van der Waals surface area contributed by atoms with Gasteiger partial charge in [0.2, 0.25) is 5.91 Å². The Morgan fingerprint density at radius 1 is 1.04 bits per heavy atom. The molecule has 24 heavy (non-hydrogen) atoms. The van der Waals surface area contributed by atoms with Gasteiger partial charge in [0.25, 0.3) is 5.91 Å². The largest absolute Gasteiger partial charge is 0.494 e. The molecule has 2 rings (SSSR count). The van der Waals surface area contributed by atoms with E-state index in [0.29, 0.717) is 22.7 Å². The van der Waals surface area contributed by atoms with Crippen LogP contribution in [0.1, 0.15) is 21.5 Å². The van der Waals surface area contributed by atoms with Gasteiger partial charge in [-0.05, 0) is 49.2 Å². The lowest BCUT2D eigenvalue weighted by molar-refractivity contribution is -0.114. The smallest absolute Gasteiger partial charge is 0.255 e. The van der Waals surface area contributed by atoms with E-state index >= 15 is 0 Å². The Hall–Kier alpha value is -2.86. The highest BCUT2D eigenvalue weighted by molar-refractivity contribution is 6.05. The van der Waals surface area contributed by atoms with Gasteiger partial charge < -0.3 is 21.1 Å². The van der Waals surface area contributed by atoms with E-state index in [9.17, 15) is 9.59 Å². The number of benzene rings is 2. The van der Waals surface area contributed by atoms with Crippen molar-refractivity contribution in [1.82, 2.24) is 0 Å². The second-order valence-electron chi connectivity index (χ2n) is 5.42. The molecule has 0 saturated carbocycles. The van der Waals surface area contributed by atoms with Crippen LogP contribution in [0.2, 0.25) is 0 Å². The summed E-state index contributed by atoms with van der Waals surface area (Å²) in [4.78, 5) is 23.7. The standard InChI is InChI=1S/C18H21N3O3/c1-11-4-5-13(8-12(11)2)18(23)21-15-7-6-14(9-16(15)24-3)20-17(22)10-19/h4-9H,10,19H2,1-3H3,(H,20,22)(H,21,23). The second-order valence-corrected chi connectivity index (χ2v) is 5.42. The summed E-state index contributed by atoms with van der Waals surface area (Å²) in [6, 6.07) is 10.5. The zero-order valence-electron chi connectivity index (χ0n) is 14.0. The molecule has 0 fully saturated rings. The van der Waals surface area contributed by atoms with Crippen LogP contribution in [-0.2, 0) is 4.79 Å². The van der Waals surface area contributed by atoms with Crippen molar-refractivity contribution in [3.8, 4) is 5.75 Å². The molecule has 0 unspecified atom stereocenters. The molecule has 0 spiro atoms. The fourth-order valence-electron chi connectivity index (χ4n) is 2.16. The molecule has 0 aliphatic heterocycles. The Morgan fingerprint density at radius 2 is 1.79 bits per heavy atom. The predicted molar refractivity (Wildman–Crippen MR) is 94.5 cm³/mol. The lowest BCUT2D eigenvalue weighted by Gasteiger charge is -2.13. The first kappa shape index (κ1) is 17.5. The second kappa shape index (κ2) is 7.61. The van der Waals surface area contributed by atoms with Crippen LogP contribution < -0.4 is 21.1 Å². The summed E-state index contributed by atoms with van der Waals surface area (Å²) in [5, 5.41) is 5.45. The van der Waals surface area contributed by atoms with Crippen LogP contribution in [0.3, 0.4) is 0 Å². The first-order valence-corrected chi connectivity index (χ1v) is 7.51. The zero-order valence-corrected chi connectivity index (χ0v) is 14.0. The van der Waals surface area contributed by atoms with Crippen LogP contribution in [0.15, 0.2) is 36.4 Å². The molecule has 0 radical (unpaired) electrons. The Balaban J connectivity index is 2.20. The number of carbonyl (C=O) groups excluding carboxylic acids is 2. The summed E-state index contributed by atoms with van der Waals surface area (Å²) < 4.78 is 5.28. The SMILES string of the molecule is COc1cc(NC(=O)CN)ccc1NC(=O)c1ccc(C)c(C)c1. The summed E-state index contributed by atoms with van der Waals surface area (Å²) in [5.74, 6) is -0.0823. The van der Waals surface area contributed by atoms with E-state index in [-0.39, 0.29) is 18.4 Å². The van der Waals surface area contributed by atoms with Crippen molar-refractivity contribution in [2.45, 2.75) is 13.8 Å². The number of nitrogens with one attached hydrogen (secondary N) is 2. The third kappa shape index (κ3) is 4.11. The zero-order chi connectivity index (χ0) is 17.7. The van der Waals surface area contributed by atoms with Crippen LogP contribution in [0.5, 0.6) is 5.75 Å². The Bertz CT molecular complexity index is 772. The molecule has 0 atom stereocenters. The van der Waals surface area contributed by atoms with Crippen molar-refractivity contribution < 1.29 is 14.3 Å². The number of aryl methyl sites for hydroxylation is 2. The van der Waals surface area contributed by atoms with Crippen molar-refractivity contribution in [2.24, 2.45) is 5.73 Å².